The molecule has 1 aliphatic rings. The van der Waals surface area contributed by atoms with E-state index in [1.807, 2.05) is 27.7 Å². The van der Waals surface area contributed by atoms with Crippen LogP contribution < -0.4 is 0 Å². The zero-order chi connectivity index (χ0) is 13.9. The predicted molar refractivity (Wildman–Crippen MR) is 67.3 cm³/mol. The lowest BCUT2D eigenvalue weighted by Gasteiger charge is -2.37. The van der Waals surface area contributed by atoms with Gasteiger partial charge in [-0.1, -0.05) is 13.3 Å². The van der Waals surface area contributed by atoms with Gasteiger partial charge in [0.2, 0.25) is 0 Å². The van der Waals surface area contributed by atoms with Crippen molar-refractivity contribution in [2.45, 2.75) is 46.1 Å². The second-order valence-corrected chi connectivity index (χ2v) is 5.83. The third kappa shape index (κ3) is 3.89. The van der Waals surface area contributed by atoms with E-state index in [-0.39, 0.29) is 17.9 Å². The highest BCUT2D eigenvalue weighted by Gasteiger charge is 2.36. The maximum Gasteiger partial charge on any atom is 0.410 e. The highest BCUT2D eigenvalue weighted by atomic mass is 16.6. The summed E-state index contributed by atoms with van der Waals surface area (Å²) in [5, 5.41) is 9.12. The molecular weight excluding hydrogens is 234 g/mol. The average molecular weight is 257 g/mol. The van der Waals surface area contributed by atoms with E-state index in [0.717, 1.165) is 6.42 Å². The first kappa shape index (κ1) is 14.8. The number of hydrogen-bond acceptors (Lipinski definition) is 3. The third-order valence-corrected chi connectivity index (χ3v) is 3.23. The van der Waals surface area contributed by atoms with Crippen LogP contribution in [0.15, 0.2) is 0 Å². The van der Waals surface area contributed by atoms with Gasteiger partial charge in [-0.3, -0.25) is 4.79 Å². The summed E-state index contributed by atoms with van der Waals surface area (Å²) in [4.78, 5) is 24.6. The molecule has 1 aliphatic heterocycles. The van der Waals surface area contributed by atoms with E-state index < -0.39 is 11.6 Å². The van der Waals surface area contributed by atoms with Crippen molar-refractivity contribution in [3.63, 3.8) is 0 Å². The Morgan fingerprint density at radius 1 is 1.39 bits per heavy atom. The molecule has 0 aromatic heterocycles. The number of hydrogen-bond donors (Lipinski definition) is 1. The Bertz CT molecular complexity index is 321. The molecule has 0 aromatic carbocycles. The van der Waals surface area contributed by atoms with E-state index in [0.29, 0.717) is 19.5 Å². The smallest absolute Gasteiger partial charge is 0.410 e. The Balaban J connectivity index is 2.62. The third-order valence-electron chi connectivity index (χ3n) is 3.23. The van der Waals surface area contributed by atoms with Crippen molar-refractivity contribution < 1.29 is 19.4 Å². The molecule has 0 aromatic rings. The molecule has 1 saturated heterocycles. The van der Waals surface area contributed by atoms with E-state index in [1.165, 1.54) is 0 Å². The molecule has 1 N–H and O–H groups in total. The summed E-state index contributed by atoms with van der Waals surface area (Å²) in [6.45, 7) is 8.37. The molecule has 1 heterocycles. The first-order valence-electron chi connectivity index (χ1n) is 6.45. The molecule has 0 aliphatic carbocycles. The van der Waals surface area contributed by atoms with Gasteiger partial charge in [0.05, 0.1) is 5.92 Å². The normalized spacial score (nSPS) is 24.8. The van der Waals surface area contributed by atoms with E-state index in [1.54, 1.807) is 4.90 Å². The number of carboxylic acid groups (broad SMARTS) is 1. The summed E-state index contributed by atoms with van der Waals surface area (Å²) < 4.78 is 5.31. The van der Waals surface area contributed by atoms with Gasteiger partial charge >= 0.3 is 12.1 Å². The number of ether oxygens (including phenoxy) is 1. The summed E-state index contributed by atoms with van der Waals surface area (Å²) in [7, 11) is 0. The molecule has 0 bridgehead atoms. The fraction of sp³-hybridized carbons (Fsp3) is 0.846. The zero-order valence-electron chi connectivity index (χ0n) is 11.6. The van der Waals surface area contributed by atoms with Crippen LogP contribution in [0.3, 0.4) is 0 Å². The quantitative estimate of drug-likeness (QED) is 0.824. The number of carbonyl (C=O) groups is 2. The van der Waals surface area contributed by atoms with Gasteiger partial charge in [0.1, 0.15) is 5.60 Å². The number of piperidine rings is 1. The lowest BCUT2D eigenvalue weighted by atomic mass is 9.84. The summed E-state index contributed by atoms with van der Waals surface area (Å²) in [6.07, 6.45) is 0.924. The van der Waals surface area contributed by atoms with Gasteiger partial charge < -0.3 is 14.7 Å². The van der Waals surface area contributed by atoms with E-state index >= 15 is 0 Å². The summed E-state index contributed by atoms with van der Waals surface area (Å²) in [6, 6.07) is 0. The van der Waals surface area contributed by atoms with Crippen LogP contribution in [0, 0.1) is 11.8 Å². The first-order valence-corrected chi connectivity index (χ1v) is 6.45. The molecular formula is C13H23NO4. The first-order chi connectivity index (χ1) is 8.24. The van der Waals surface area contributed by atoms with Crippen molar-refractivity contribution in [1.29, 1.82) is 0 Å². The monoisotopic (exact) mass is 257 g/mol. The lowest BCUT2D eigenvalue weighted by Crippen LogP contribution is -2.47. The summed E-state index contributed by atoms with van der Waals surface area (Å²) in [5.41, 5.74) is -0.511. The van der Waals surface area contributed by atoms with Crippen LogP contribution in [-0.4, -0.2) is 40.8 Å². The summed E-state index contributed by atoms with van der Waals surface area (Å²) in [5.74, 6) is -1.08. The topological polar surface area (TPSA) is 66.8 Å². The van der Waals surface area contributed by atoms with Gasteiger partial charge in [0.25, 0.3) is 0 Å². The van der Waals surface area contributed by atoms with Crippen LogP contribution in [0.1, 0.15) is 40.5 Å². The molecule has 0 saturated carbocycles. The standard InChI is InChI=1S/C13H23NO4/c1-5-9-8-14(7-6-10(9)11(15)16)12(17)18-13(2,3)4/h9-10H,5-8H2,1-4H3,(H,15,16)/t9-,10-/m1/s1. The number of rotatable bonds is 2. The van der Waals surface area contributed by atoms with Crippen molar-refractivity contribution in [3.8, 4) is 0 Å². The molecule has 5 nitrogen and oxygen atoms in total. The Morgan fingerprint density at radius 3 is 2.44 bits per heavy atom. The van der Waals surface area contributed by atoms with E-state index in [2.05, 4.69) is 0 Å². The number of amides is 1. The van der Waals surface area contributed by atoms with Crippen molar-refractivity contribution in [1.82, 2.24) is 4.90 Å². The van der Waals surface area contributed by atoms with Gasteiger partial charge in [0.15, 0.2) is 0 Å². The molecule has 0 radical (unpaired) electrons. The maximum atomic E-state index is 11.9. The van der Waals surface area contributed by atoms with Crippen LogP contribution in [0.2, 0.25) is 0 Å². The highest BCUT2D eigenvalue weighted by Crippen LogP contribution is 2.27. The van der Waals surface area contributed by atoms with Gasteiger partial charge in [-0.2, -0.15) is 0 Å². The van der Waals surface area contributed by atoms with Crippen LogP contribution in [-0.2, 0) is 9.53 Å². The number of nitrogens with zero attached hydrogens (tertiary/aromatic N) is 1. The Labute approximate surface area is 108 Å². The second kappa shape index (κ2) is 5.59. The molecule has 18 heavy (non-hydrogen) atoms. The van der Waals surface area contributed by atoms with Crippen molar-refractivity contribution in [2.75, 3.05) is 13.1 Å². The average Bonchev–Trinajstić information content (AvgIpc) is 2.25. The maximum absolute atomic E-state index is 11.9. The zero-order valence-corrected chi connectivity index (χ0v) is 11.6. The molecule has 0 unspecified atom stereocenters. The van der Waals surface area contributed by atoms with Crippen molar-refractivity contribution in [2.24, 2.45) is 11.8 Å². The van der Waals surface area contributed by atoms with Gasteiger partial charge in [-0.25, -0.2) is 4.79 Å². The fourth-order valence-electron chi connectivity index (χ4n) is 2.26. The van der Waals surface area contributed by atoms with Crippen LogP contribution in [0.5, 0.6) is 0 Å². The van der Waals surface area contributed by atoms with E-state index in [9.17, 15) is 9.59 Å². The van der Waals surface area contributed by atoms with Gasteiger partial charge in [-0.05, 0) is 33.1 Å². The molecule has 1 amide bonds. The number of carboxylic acids is 1. The Kier molecular flexibility index (Phi) is 4.59. The number of carbonyl (C=O) groups excluding carboxylic acids is 1. The lowest BCUT2D eigenvalue weighted by molar-refractivity contribution is -0.145. The van der Waals surface area contributed by atoms with Crippen molar-refractivity contribution >= 4 is 12.1 Å². The predicted octanol–water partition coefficient (Wildman–Crippen LogP) is 2.35. The minimum atomic E-state index is -0.759. The Hall–Kier alpha value is -1.26. The molecule has 1 rings (SSSR count). The highest BCUT2D eigenvalue weighted by molar-refractivity contribution is 5.72. The summed E-state index contributed by atoms with van der Waals surface area (Å²) >= 11 is 0. The SMILES string of the molecule is CC[C@@H]1CN(C(=O)OC(C)(C)C)CC[C@H]1C(=O)O. The molecule has 5 heteroatoms. The van der Waals surface area contributed by atoms with Crippen LogP contribution in [0.25, 0.3) is 0 Å². The molecule has 1 fully saturated rings. The molecule has 104 valence electrons. The number of likely N-dealkylation sites (tertiary alicyclic amines) is 1. The fourth-order valence-corrected chi connectivity index (χ4v) is 2.26. The molecule has 2 atom stereocenters. The van der Waals surface area contributed by atoms with Gasteiger partial charge in [-0.15, -0.1) is 0 Å². The van der Waals surface area contributed by atoms with E-state index in [4.69, 9.17) is 9.84 Å². The van der Waals surface area contributed by atoms with Crippen LogP contribution in [0.4, 0.5) is 4.79 Å². The number of aliphatic carboxylic acids is 1. The second-order valence-electron chi connectivity index (χ2n) is 5.83. The van der Waals surface area contributed by atoms with Crippen LogP contribution >= 0.6 is 0 Å². The van der Waals surface area contributed by atoms with Gasteiger partial charge in [0, 0.05) is 13.1 Å². The Morgan fingerprint density at radius 2 is 2.00 bits per heavy atom. The van der Waals surface area contributed by atoms with Crippen molar-refractivity contribution in [3.05, 3.63) is 0 Å². The minimum absolute atomic E-state index is 0.0174. The minimum Gasteiger partial charge on any atom is -0.481 e. The largest absolute Gasteiger partial charge is 0.481 e. The molecule has 0 spiro atoms.